The first-order valence-electron chi connectivity index (χ1n) is 5.55. The van der Waals surface area contributed by atoms with E-state index in [-0.39, 0.29) is 5.75 Å². The largest absolute Gasteiger partial charge is 0.508 e. The number of halogens is 1. The predicted octanol–water partition coefficient (Wildman–Crippen LogP) is 3.17. The molecule has 2 aromatic carbocycles. The van der Waals surface area contributed by atoms with Crippen molar-refractivity contribution in [2.45, 2.75) is 6.10 Å². The molecule has 0 radical (unpaired) electrons. The molecule has 0 spiro atoms. The topological polar surface area (TPSA) is 52.5 Å². The lowest BCUT2D eigenvalue weighted by atomic mass is 10.0. The molecular formula is C14H14ClNO2. The molecule has 0 heterocycles. The smallest absolute Gasteiger partial charge is 0.118 e. The highest BCUT2D eigenvalue weighted by Gasteiger charge is 2.12. The van der Waals surface area contributed by atoms with Crippen LogP contribution >= 0.6 is 11.6 Å². The molecule has 0 fully saturated rings. The summed E-state index contributed by atoms with van der Waals surface area (Å²) in [6.45, 7) is 0. The molecular weight excluding hydrogens is 250 g/mol. The number of hydrogen-bond acceptors (Lipinski definition) is 3. The van der Waals surface area contributed by atoms with E-state index in [2.05, 4.69) is 5.32 Å². The molecule has 94 valence electrons. The molecule has 1 unspecified atom stereocenters. The summed E-state index contributed by atoms with van der Waals surface area (Å²) >= 11 is 5.89. The van der Waals surface area contributed by atoms with E-state index in [1.807, 2.05) is 0 Å². The van der Waals surface area contributed by atoms with Crippen LogP contribution in [0.1, 0.15) is 17.2 Å². The van der Waals surface area contributed by atoms with Crippen molar-refractivity contribution < 1.29 is 10.2 Å². The summed E-state index contributed by atoms with van der Waals surface area (Å²) in [7, 11) is 1.75. The van der Waals surface area contributed by atoms with Crippen LogP contribution in [-0.2, 0) is 0 Å². The Kier molecular flexibility index (Phi) is 3.75. The van der Waals surface area contributed by atoms with Gasteiger partial charge in [0.15, 0.2) is 0 Å². The van der Waals surface area contributed by atoms with E-state index < -0.39 is 6.10 Å². The fraction of sp³-hybridized carbons (Fsp3) is 0.143. The van der Waals surface area contributed by atoms with Gasteiger partial charge in [-0.2, -0.15) is 0 Å². The third kappa shape index (κ3) is 2.75. The molecule has 0 aliphatic rings. The van der Waals surface area contributed by atoms with E-state index >= 15 is 0 Å². The molecule has 4 heteroatoms. The normalized spacial score (nSPS) is 12.2. The zero-order valence-corrected chi connectivity index (χ0v) is 10.6. The van der Waals surface area contributed by atoms with Crippen LogP contribution < -0.4 is 5.32 Å². The molecule has 0 bridgehead atoms. The van der Waals surface area contributed by atoms with Gasteiger partial charge in [0.2, 0.25) is 0 Å². The lowest BCUT2D eigenvalue weighted by Crippen LogP contribution is -2.00. The molecule has 0 saturated heterocycles. The van der Waals surface area contributed by atoms with Gasteiger partial charge in [-0.15, -0.1) is 0 Å². The van der Waals surface area contributed by atoms with Crippen LogP contribution in [0.25, 0.3) is 0 Å². The van der Waals surface area contributed by atoms with Gasteiger partial charge in [-0.25, -0.2) is 0 Å². The van der Waals surface area contributed by atoms with Crippen molar-refractivity contribution >= 4 is 17.3 Å². The molecule has 3 nitrogen and oxygen atoms in total. The Morgan fingerprint density at radius 1 is 1.11 bits per heavy atom. The van der Waals surface area contributed by atoms with Gasteiger partial charge >= 0.3 is 0 Å². The summed E-state index contributed by atoms with van der Waals surface area (Å²) in [5.74, 6) is 0.109. The highest BCUT2D eigenvalue weighted by atomic mass is 35.5. The minimum absolute atomic E-state index is 0.109. The van der Waals surface area contributed by atoms with Gasteiger partial charge in [0.25, 0.3) is 0 Å². The maximum absolute atomic E-state index is 10.3. The van der Waals surface area contributed by atoms with E-state index in [1.54, 1.807) is 43.4 Å². The number of phenolic OH excluding ortho intramolecular Hbond substituents is 1. The third-order valence-electron chi connectivity index (χ3n) is 2.71. The minimum atomic E-state index is -0.817. The molecule has 0 aromatic heterocycles. The van der Waals surface area contributed by atoms with Crippen LogP contribution in [0.2, 0.25) is 5.02 Å². The highest BCUT2D eigenvalue weighted by molar-refractivity contribution is 6.30. The number of phenols is 1. The quantitative estimate of drug-likeness (QED) is 0.797. The lowest BCUT2D eigenvalue weighted by molar-refractivity contribution is 0.220. The zero-order chi connectivity index (χ0) is 13.1. The lowest BCUT2D eigenvalue weighted by Gasteiger charge is -2.13. The minimum Gasteiger partial charge on any atom is -0.508 e. The number of anilines is 1. The fourth-order valence-corrected chi connectivity index (χ4v) is 2.00. The Hall–Kier alpha value is -1.71. The van der Waals surface area contributed by atoms with Crippen LogP contribution in [0.15, 0.2) is 42.5 Å². The van der Waals surface area contributed by atoms with E-state index in [0.717, 1.165) is 5.69 Å². The van der Waals surface area contributed by atoms with Gasteiger partial charge in [0.1, 0.15) is 11.9 Å². The average Bonchev–Trinajstić information content (AvgIpc) is 2.37. The number of aromatic hydroxyl groups is 1. The Morgan fingerprint density at radius 3 is 2.56 bits per heavy atom. The molecule has 1 atom stereocenters. The van der Waals surface area contributed by atoms with Crippen molar-refractivity contribution in [2.75, 3.05) is 12.4 Å². The van der Waals surface area contributed by atoms with Crippen molar-refractivity contribution in [3.05, 3.63) is 58.6 Å². The van der Waals surface area contributed by atoms with Crippen molar-refractivity contribution in [3.8, 4) is 5.75 Å². The summed E-state index contributed by atoms with van der Waals surface area (Å²) in [5, 5.41) is 23.4. The maximum atomic E-state index is 10.3. The van der Waals surface area contributed by atoms with Gasteiger partial charge in [0.05, 0.1) is 0 Å². The monoisotopic (exact) mass is 263 g/mol. The maximum Gasteiger partial charge on any atom is 0.118 e. The highest BCUT2D eigenvalue weighted by Crippen LogP contribution is 2.29. The first-order chi connectivity index (χ1) is 8.60. The predicted molar refractivity (Wildman–Crippen MR) is 73.2 cm³/mol. The third-order valence-corrected chi connectivity index (χ3v) is 2.94. The Balaban J connectivity index is 2.39. The van der Waals surface area contributed by atoms with Crippen LogP contribution in [0.5, 0.6) is 5.75 Å². The molecule has 2 aromatic rings. The van der Waals surface area contributed by atoms with Gasteiger partial charge in [-0.1, -0.05) is 23.7 Å². The number of nitrogens with one attached hydrogen (secondary N) is 1. The Morgan fingerprint density at radius 2 is 1.89 bits per heavy atom. The summed E-state index contributed by atoms with van der Waals surface area (Å²) in [6, 6.07) is 11.9. The van der Waals surface area contributed by atoms with Crippen LogP contribution in [-0.4, -0.2) is 17.3 Å². The van der Waals surface area contributed by atoms with E-state index in [1.165, 1.54) is 6.07 Å². The van der Waals surface area contributed by atoms with Crippen molar-refractivity contribution in [3.63, 3.8) is 0 Å². The number of rotatable bonds is 3. The molecule has 3 N–H and O–H groups in total. The van der Waals surface area contributed by atoms with Gasteiger partial charge in [0, 0.05) is 23.8 Å². The first kappa shape index (κ1) is 12.7. The standard InChI is InChI=1S/C14H14ClNO2/c1-16-12-6-10(7-13(17)8-12)14(18)9-3-2-4-11(15)5-9/h2-8,14,16-18H,1H3. The number of hydrogen-bond donors (Lipinski definition) is 3. The summed E-state index contributed by atoms with van der Waals surface area (Å²) < 4.78 is 0. The van der Waals surface area contributed by atoms with E-state index in [0.29, 0.717) is 16.1 Å². The molecule has 18 heavy (non-hydrogen) atoms. The molecule has 0 aliphatic carbocycles. The van der Waals surface area contributed by atoms with Gasteiger partial charge in [-0.3, -0.25) is 0 Å². The van der Waals surface area contributed by atoms with E-state index in [4.69, 9.17) is 11.6 Å². The Labute approximate surface area is 111 Å². The van der Waals surface area contributed by atoms with Crippen molar-refractivity contribution in [1.29, 1.82) is 0 Å². The second kappa shape index (κ2) is 5.29. The fourth-order valence-electron chi connectivity index (χ4n) is 1.81. The number of benzene rings is 2. The van der Waals surface area contributed by atoms with Crippen LogP contribution in [0, 0.1) is 0 Å². The van der Waals surface area contributed by atoms with Crippen LogP contribution in [0.3, 0.4) is 0 Å². The van der Waals surface area contributed by atoms with Crippen molar-refractivity contribution in [2.24, 2.45) is 0 Å². The van der Waals surface area contributed by atoms with Gasteiger partial charge < -0.3 is 15.5 Å². The number of aliphatic hydroxyl groups is 1. The second-order valence-corrected chi connectivity index (χ2v) is 4.46. The summed E-state index contributed by atoms with van der Waals surface area (Å²) in [5.41, 5.74) is 2.04. The number of aliphatic hydroxyl groups excluding tert-OH is 1. The molecule has 2 rings (SSSR count). The first-order valence-corrected chi connectivity index (χ1v) is 5.93. The zero-order valence-electron chi connectivity index (χ0n) is 9.89. The summed E-state index contributed by atoms with van der Waals surface area (Å²) in [4.78, 5) is 0. The summed E-state index contributed by atoms with van der Waals surface area (Å²) in [6.07, 6.45) is -0.817. The van der Waals surface area contributed by atoms with Gasteiger partial charge in [-0.05, 0) is 35.4 Å². The Bertz CT molecular complexity index is 557. The molecule has 0 aliphatic heterocycles. The van der Waals surface area contributed by atoms with Crippen LogP contribution in [0.4, 0.5) is 5.69 Å². The SMILES string of the molecule is CNc1cc(O)cc(C(O)c2cccc(Cl)c2)c1. The molecule has 0 saturated carbocycles. The average molecular weight is 264 g/mol. The van der Waals surface area contributed by atoms with E-state index in [9.17, 15) is 10.2 Å². The second-order valence-electron chi connectivity index (χ2n) is 4.02. The molecule has 0 amide bonds. The van der Waals surface area contributed by atoms with Crippen molar-refractivity contribution in [1.82, 2.24) is 0 Å².